The summed E-state index contributed by atoms with van der Waals surface area (Å²) in [6, 6.07) is 6.31. The van der Waals surface area contributed by atoms with Crippen molar-refractivity contribution in [3.8, 4) is 0 Å². The Morgan fingerprint density at radius 1 is 1.26 bits per heavy atom. The summed E-state index contributed by atoms with van der Waals surface area (Å²) in [6.45, 7) is 0. The van der Waals surface area contributed by atoms with Crippen molar-refractivity contribution in [1.29, 1.82) is 0 Å². The van der Waals surface area contributed by atoms with Crippen LogP contribution in [0.5, 0.6) is 0 Å². The lowest BCUT2D eigenvalue weighted by molar-refractivity contribution is 0.687. The van der Waals surface area contributed by atoms with Gasteiger partial charge in [-0.1, -0.05) is 12.1 Å². The van der Waals surface area contributed by atoms with Crippen LogP contribution >= 0.6 is 22.6 Å². The second-order valence-electron chi connectivity index (χ2n) is 4.67. The molecule has 3 rings (SSSR count). The summed E-state index contributed by atoms with van der Waals surface area (Å²) in [7, 11) is 0. The third kappa shape index (κ3) is 2.51. The SMILES string of the molecule is O=c1[nH]cnc(Nc2cccc3c2CCCC3)c1I. The number of hydrogen-bond acceptors (Lipinski definition) is 3. The fourth-order valence-electron chi connectivity index (χ4n) is 2.50. The minimum Gasteiger partial charge on any atom is -0.339 e. The number of aryl methyl sites for hydroxylation is 1. The van der Waals surface area contributed by atoms with Crippen molar-refractivity contribution in [3.05, 3.63) is 49.6 Å². The van der Waals surface area contributed by atoms with Crippen LogP contribution in [0.15, 0.2) is 29.3 Å². The number of anilines is 2. The number of nitrogens with one attached hydrogen (secondary N) is 2. The Morgan fingerprint density at radius 2 is 2.11 bits per heavy atom. The lowest BCUT2D eigenvalue weighted by Crippen LogP contribution is -2.14. The molecule has 0 aliphatic heterocycles. The lowest BCUT2D eigenvalue weighted by atomic mass is 9.90. The van der Waals surface area contributed by atoms with Crippen LogP contribution in [-0.2, 0) is 12.8 Å². The summed E-state index contributed by atoms with van der Waals surface area (Å²) in [5, 5.41) is 3.30. The van der Waals surface area contributed by atoms with E-state index < -0.39 is 0 Å². The maximum atomic E-state index is 11.6. The van der Waals surface area contributed by atoms with Crippen LogP contribution < -0.4 is 10.9 Å². The van der Waals surface area contributed by atoms with E-state index in [0.29, 0.717) is 9.39 Å². The molecule has 0 saturated carbocycles. The number of rotatable bonds is 2. The Hall–Kier alpha value is -1.37. The maximum Gasteiger partial charge on any atom is 0.266 e. The highest BCUT2D eigenvalue weighted by atomic mass is 127. The number of halogens is 1. The van der Waals surface area contributed by atoms with Gasteiger partial charge < -0.3 is 10.3 Å². The first-order valence-corrected chi connectivity index (χ1v) is 7.44. The number of fused-ring (bicyclic) bond motifs is 1. The van der Waals surface area contributed by atoms with E-state index in [0.717, 1.165) is 18.5 Å². The largest absolute Gasteiger partial charge is 0.339 e. The fourth-order valence-corrected chi connectivity index (χ4v) is 2.93. The predicted molar refractivity (Wildman–Crippen MR) is 83.9 cm³/mol. The van der Waals surface area contributed by atoms with Crippen molar-refractivity contribution in [2.24, 2.45) is 0 Å². The lowest BCUT2D eigenvalue weighted by Gasteiger charge is -2.20. The van der Waals surface area contributed by atoms with Crippen molar-refractivity contribution in [2.75, 3.05) is 5.32 Å². The molecular formula is C14H14IN3O. The average molecular weight is 367 g/mol. The van der Waals surface area contributed by atoms with Crippen molar-refractivity contribution in [3.63, 3.8) is 0 Å². The van der Waals surface area contributed by atoms with E-state index in [4.69, 9.17) is 0 Å². The van der Waals surface area contributed by atoms with Crippen LogP contribution in [0.1, 0.15) is 24.0 Å². The normalized spacial score (nSPS) is 13.9. The van der Waals surface area contributed by atoms with E-state index in [1.54, 1.807) is 0 Å². The highest BCUT2D eigenvalue weighted by molar-refractivity contribution is 14.1. The first-order chi connectivity index (χ1) is 9.25. The smallest absolute Gasteiger partial charge is 0.266 e. The first-order valence-electron chi connectivity index (χ1n) is 6.36. The molecule has 98 valence electrons. The Morgan fingerprint density at radius 3 is 3.00 bits per heavy atom. The molecule has 1 aliphatic rings. The van der Waals surface area contributed by atoms with Gasteiger partial charge in [-0.25, -0.2) is 4.98 Å². The van der Waals surface area contributed by atoms with Gasteiger partial charge in [0.2, 0.25) is 0 Å². The third-order valence-corrected chi connectivity index (χ3v) is 4.45. The molecule has 0 unspecified atom stereocenters. The molecule has 5 heteroatoms. The molecule has 4 nitrogen and oxygen atoms in total. The van der Waals surface area contributed by atoms with Gasteiger partial charge in [-0.05, 0) is 65.5 Å². The molecule has 0 spiro atoms. The number of aromatic amines is 1. The predicted octanol–water partition coefficient (Wildman–Crippen LogP) is 3.00. The highest BCUT2D eigenvalue weighted by Crippen LogP contribution is 2.29. The van der Waals surface area contributed by atoms with E-state index >= 15 is 0 Å². The summed E-state index contributed by atoms with van der Waals surface area (Å²) in [6.07, 6.45) is 6.16. The average Bonchev–Trinajstić information content (AvgIpc) is 2.44. The van der Waals surface area contributed by atoms with Gasteiger partial charge in [-0.15, -0.1) is 0 Å². The number of nitrogens with zero attached hydrogens (tertiary/aromatic N) is 1. The van der Waals surface area contributed by atoms with Crippen molar-refractivity contribution in [1.82, 2.24) is 9.97 Å². The van der Waals surface area contributed by atoms with Crippen LogP contribution in [0.3, 0.4) is 0 Å². The molecular weight excluding hydrogens is 353 g/mol. The summed E-state index contributed by atoms with van der Waals surface area (Å²) in [4.78, 5) is 18.4. The van der Waals surface area contributed by atoms with Crippen molar-refractivity contribution < 1.29 is 0 Å². The molecule has 2 aromatic rings. The zero-order valence-corrected chi connectivity index (χ0v) is 12.5. The highest BCUT2D eigenvalue weighted by Gasteiger charge is 2.14. The van der Waals surface area contributed by atoms with Gasteiger partial charge in [0.1, 0.15) is 3.57 Å². The standard InChI is InChI=1S/C14H14IN3O/c15-12-13(16-8-17-14(12)19)18-11-7-3-5-9-4-1-2-6-10(9)11/h3,5,7-8H,1-2,4,6H2,(H2,16,17,18,19). The molecule has 0 bridgehead atoms. The van der Waals surface area contributed by atoms with Crippen LogP contribution in [0, 0.1) is 3.57 Å². The molecule has 0 saturated heterocycles. The number of benzene rings is 1. The molecule has 1 aliphatic carbocycles. The Kier molecular flexibility index (Phi) is 3.54. The van der Waals surface area contributed by atoms with Gasteiger partial charge in [-0.2, -0.15) is 0 Å². The Bertz CT molecular complexity index is 666. The molecule has 1 aromatic heterocycles. The summed E-state index contributed by atoms with van der Waals surface area (Å²) < 4.78 is 0.591. The van der Waals surface area contributed by atoms with Crippen LogP contribution in [0.25, 0.3) is 0 Å². The molecule has 19 heavy (non-hydrogen) atoms. The van der Waals surface area contributed by atoms with Gasteiger partial charge in [0, 0.05) is 5.69 Å². The minimum atomic E-state index is -0.108. The summed E-state index contributed by atoms with van der Waals surface area (Å²) in [5.41, 5.74) is 3.75. The second kappa shape index (κ2) is 5.32. The van der Waals surface area contributed by atoms with E-state index in [1.807, 2.05) is 22.6 Å². The molecule has 2 N–H and O–H groups in total. The zero-order chi connectivity index (χ0) is 13.2. The monoisotopic (exact) mass is 367 g/mol. The second-order valence-corrected chi connectivity index (χ2v) is 5.75. The van der Waals surface area contributed by atoms with E-state index in [-0.39, 0.29) is 5.56 Å². The molecule has 0 radical (unpaired) electrons. The van der Waals surface area contributed by atoms with Gasteiger partial charge in [0.15, 0.2) is 5.82 Å². The summed E-state index contributed by atoms with van der Waals surface area (Å²) >= 11 is 2.02. The molecule has 0 atom stereocenters. The minimum absolute atomic E-state index is 0.108. The van der Waals surface area contributed by atoms with Gasteiger partial charge >= 0.3 is 0 Å². The fraction of sp³-hybridized carbons (Fsp3) is 0.286. The quantitative estimate of drug-likeness (QED) is 0.803. The third-order valence-electron chi connectivity index (χ3n) is 3.45. The topological polar surface area (TPSA) is 57.8 Å². The van der Waals surface area contributed by atoms with Gasteiger partial charge in [0.05, 0.1) is 6.33 Å². The Labute approximate surface area is 124 Å². The summed E-state index contributed by atoms with van der Waals surface area (Å²) in [5.74, 6) is 0.628. The van der Waals surface area contributed by atoms with E-state index in [2.05, 4.69) is 33.5 Å². The molecule has 1 heterocycles. The zero-order valence-electron chi connectivity index (χ0n) is 10.4. The van der Waals surface area contributed by atoms with Gasteiger partial charge in [-0.3, -0.25) is 4.79 Å². The molecule has 0 fully saturated rings. The number of aromatic nitrogens is 2. The Balaban J connectivity index is 2.00. The van der Waals surface area contributed by atoms with Crippen LogP contribution in [0.2, 0.25) is 0 Å². The van der Waals surface area contributed by atoms with Crippen molar-refractivity contribution >= 4 is 34.1 Å². The number of hydrogen-bond donors (Lipinski definition) is 2. The molecule has 0 amide bonds. The van der Waals surface area contributed by atoms with Crippen LogP contribution in [-0.4, -0.2) is 9.97 Å². The number of H-pyrrole nitrogens is 1. The first kappa shape index (κ1) is 12.7. The molecule has 1 aromatic carbocycles. The van der Waals surface area contributed by atoms with Crippen molar-refractivity contribution in [2.45, 2.75) is 25.7 Å². The van der Waals surface area contributed by atoms with Crippen LogP contribution in [0.4, 0.5) is 11.5 Å². The van der Waals surface area contributed by atoms with E-state index in [1.165, 1.54) is 30.3 Å². The van der Waals surface area contributed by atoms with E-state index in [9.17, 15) is 4.79 Å². The maximum absolute atomic E-state index is 11.6. The van der Waals surface area contributed by atoms with Gasteiger partial charge in [0.25, 0.3) is 5.56 Å².